The number of nitrogens with two attached hydrogens (primary N) is 1. The highest BCUT2D eigenvalue weighted by molar-refractivity contribution is 7.99. The lowest BCUT2D eigenvalue weighted by Crippen LogP contribution is -2.19. The van der Waals surface area contributed by atoms with Crippen molar-refractivity contribution >= 4 is 40.7 Å². The minimum absolute atomic E-state index is 0.0519. The van der Waals surface area contributed by atoms with Gasteiger partial charge in [-0.3, -0.25) is 4.79 Å². The van der Waals surface area contributed by atoms with Crippen LogP contribution in [0.15, 0.2) is 46.2 Å². The Bertz CT molecular complexity index is 643. The van der Waals surface area contributed by atoms with Gasteiger partial charge in [-0.2, -0.15) is 0 Å². The van der Waals surface area contributed by atoms with Crippen LogP contribution in [0.5, 0.6) is 0 Å². The molecule has 1 aromatic carbocycles. The molecule has 2 aromatic rings. The predicted molar refractivity (Wildman–Crippen MR) is 82.3 cm³/mol. The van der Waals surface area contributed by atoms with E-state index in [-0.39, 0.29) is 5.56 Å². The molecule has 0 fully saturated rings. The molecule has 0 saturated heterocycles. The summed E-state index contributed by atoms with van der Waals surface area (Å²) in [4.78, 5) is 12.6. The first-order valence-electron chi connectivity index (χ1n) is 5.60. The number of pyridine rings is 1. The van der Waals surface area contributed by atoms with E-state index in [1.54, 1.807) is 34.7 Å². The van der Waals surface area contributed by atoms with Crippen LogP contribution in [-0.2, 0) is 6.54 Å². The highest BCUT2D eigenvalue weighted by atomic mass is 35.5. The second-order valence-electron chi connectivity index (χ2n) is 3.92. The zero-order chi connectivity index (χ0) is 13.8. The quantitative estimate of drug-likeness (QED) is 0.878. The number of nitrogen functional groups attached to an aromatic ring is 1. The van der Waals surface area contributed by atoms with Gasteiger partial charge in [0.25, 0.3) is 5.56 Å². The van der Waals surface area contributed by atoms with Crippen LogP contribution in [-0.4, -0.2) is 10.3 Å². The molecule has 0 bridgehead atoms. The summed E-state index contributed by atoms with van der Waals surface area (Å²) in [5.74, 6) is 0.751. The largest absolute Gasteiger partial charge is 0.398 e. The fourth-order valence-electron chi connectivity index (χ4n) is 1.55. The summed E-state index contributed by atoms with van der Waals surface area (Å²) in [6.07, 6.45) is 1.65. The van der Waals surface area contributed by atoms with E-state index in [4.69, 9.17) is 28.9 Å². The van der Waals surface area contributed by atoms with Crippen molar-refractivity contribution in [3.8, 4) is 0 Å². The molecule has 19 heavy (non-hydrogen) atoms. The van der Waals surface area contributed by atoms with Gasteiger partial charge < -0.3 is 10.3 Å². The first-order chi connectivity index (χ1) is 9.06. The average molecular weight is 315 g/mol. The van der Waals surface area contributed by atoms with Gasteiger partial charge in [-0.05, 0) is 24.3 Å². The SMILES string of the molecule is Nc1ccc(=O)n(CCSc2ccc(Cl)c(Cl)c2)c1. The minimum atomic E-state index is -0.0519. The van der Waals surface area contributed by atoms with Crippen LogP contribution < -0.4 is 11.3 Å². The van der Waals surface area contributed by atoms with Crippen molar-refractivity contribution in [2.75, 3.05) is 11.5 Å². The van der Waals surface area contributed by atoms with E-state index in [0.717, 1.165) is 10.6 Å². The summed E-state index contributed by atoms with van der Waals surface area (Å²) in [6, 6.07) is 8.56. The third-order valence-electron chi connectivity index (χ3n) is 2.50. The van der Waals surface area contributed by atoms with E-state index >= 15 is 0 Å². The van der Waals surface area contributed by atoms with Gasteiger partial charge >= 0.3 is 0 Å². The molecule has 0 saturated carbocycles. The molecule has 0 amide bonds. The van der Waals surface area contributed by atoms with Crippen molar-refractivity contribution in [2.45, 2.75) is 11.4 Å². The molecular formula is C13H12Cl2N2OS. The Morgan fingerprint density at radius 2 is 1.95 bits per heavy atom. The lowest BCUT2D eigenvalue weighted by Gasteiger charge is -2.07. The molecule has 100 valence electrons. The monoisotopic (exact) mass is 314 g/mol. The van der Waals surface area contributed by atoms with Gasteiger partial charge in [0.15, 0.2) is 0 Å². The lowest BCUT2D eigenvalue weighted by molar-refractivity contribution is 0.737. The van der Waals surface area contributed by atoms with Crippen LogP contribution in [0.3, 0.4) is 0 Å². The van der Waals surface area contributed by atoms with Crippen LogP contribution >= 0.6 is 35.0 Å². The third kappa shape index (κ3) is 3.93. The molecule has 0 radical (unpaired) electrons. The van der Waals surface area contributed by atoms with Gasteiger partial charge in [-0.1, -0.05) is 23.2 Å². The highest BCUT2D eigenvalue weighted by Gasteiger charge is 2.01. The molecule has 0 atom stereocenters. The van der Waals surface area contributed by atoms with E-state index < -0.39 is 0 Å². The van der Waals surface area contributed by atoms with Crippen molar-refractivity contribution in [1.29, 1.82) is 0 Å². The number of benzene rings is 1. The lowest BCUT2D eigenvalue weighted by atomic mass is 10.4. The van der Waals surface area contributed by atoms with Gasteiger partial charge in [0.2, 0.25) is 0 Å². The molecule has 0 unspecified atom stereocenters. The number of hydrogen-bond donors (Lipinski definition) is 1. The number of aromatic nitrogens is 1. The Kier molecular flexibility index (Phi) is 4.80. The number of halogens is 2. The Balaban J connectivity index is 1.98. The summed E-state index contributed by atoms with van der Waals surface area (Å²) >= 11 is 13.4. The van der Waals surface area contributed by atoms with Gasteiger partial charge in [-0.15, -0.1) is 11.8 Å². The van der Waals surface area contributed by atoms with Crippen molar-refractivity contribution in [3.63, 3.8) is 0 Å². The first kappa shape index (κ1) is 14.3. The molecule has 1 heterocycles. The van der Waals surface area contributed by atoms with Gasteiger partial charge in [-0.25, -0.2) is 0 Å². The summed E-state index contributed by atoms with van der Waals surface area (Å²) in [5.41, 5.74) is 6.18. The molecule has 0 spiro atoms. The Morgan fingerprint density at radius 3 is 2.68 bits per heavy atom. The Hall–Kier alpha value is -1.10. The fraction of sp³-hybridized carbons (Fsp3) is 0.154. The van der Waals surface area contributed by atoms with Crippen LogP contribution in [0.1, 0.15) is 0 Å². The number of nitrogens with zero attached hydrogens (tertiary/aromatic N) is 1. The number of rotatable bonds is 4. The highest BCUT2D eigenvalue weighted by Crippen LogP contribution is 2.27. The normalized spacial score (nSPS) is 10.6. The third-order valence-corrected chi connectivity index (χ3v) is 4.21. The van der Waals surface area contributed by atoms with Gasteiger partial charge in [0, 0.05) is 35.1 Å². The zero-order valence-corrected chi connectivity index (χ0v) is 12.3. The smallest absolute Gasteiger partial charge is 0.250 e. The maximum atomic E-state index is 11.6. The standard InChI is InChI=1S/C13H12Cl2N2OS/c14-11-3-2-10(7-12(11)15)19-6-5-17-8-9(16)1-4-13(17)18/h1-4,7-8H,5-6,16H2. The minimum Gasteiger partial charge on any atom is -0.398 e. The summed E-state index contributed by atoms with van der Waals surface area (Å²) in [7, 11) is 0. The maximum Gasteiger partial charge on any atom is 0.250 e. The molecule has 0 aliphatic carbocycles. The molecule has 0 aliphatic rings. The number of aryl methyl sites for hydroxylation is 1. The van der Waals surface area contributed by atoms with Crippen molar-refractivity contribution in [2.24, 2.45) is 0 Å². The van der Waals surface area contributed by atoms with Crippen LogP contribution in [0.25, 0.3) is 0 Å². The van der Waals surface area contributed by atoms with Crippen molar-refractivity contribution in [1.82, 2.24) is 4.57 Å². The maximum absolute atomic E-state index is 11.6. The molecule has 2 N–H and O–H groups in total. The van der Waals surface area contributed by atoms with E-state index in [1.165, 1.54) is 6.07 Å². The number of anilines is 1. The fourth-order valence-corrected chi connectivity index (χ4v) is 2.80. The molecule has 2 rings (SSSR count). The van der Waals surface area contributed by atoms with Crippen molar-refractivity contribution < 1.29 is 0 Å². The molecule has 6 heteroatoms. The Morgan fingerprint density at radius 1 is 1.16 bits per heavy atom. The van der Waals surface area contributed by atoms with Gasteiger partial charge in [0.1, 0.15) is 0 Å². The second-order valence-corrected chi connectivity index (χ2v) is 5.90. The van der Waals surface area contributed by atoms with Crippen LogP contribution in [0.2, 0.25) is 10.0 Å². The van der Waals surface area contributed by atoms with E-state index in [2.05, 4.69) is 0 Å². The van der Waals surface area contributed by atoms with Crippen LogP contribution in [0.4, 0.5) is 5.69 Å². The summed E-state index contributed by atoms with van der Waals surface area (Å²) in [6.45, 7) is 0.592. The average Bonchev–Trinajstić information content (AvgIpc) is 2.38. The molecular weight excluding hydrogens is 303 g/mol. The van der Waals surface area contributed by atoms with Gasteiger partial charge in [0.05, 0.1) is 10.0 Å². The molecule has 0 aliphatic heterocycles. The number of hydrogen-bond acceptors (Lipinski definition) is 3. The summed E-state index contributed by atoms with van der Waals surface area (Å²) in [5, 5.41) is 1.07. The topological polar surface area (TPSA) is 48.0 Å². The zero-order valence-electron chi connectivity index (χ0n) is 9.98. The van der Waals surface area contributed by atoms with E-state index in [9.17, 15) is 4.79 Å². The molecule has 3 nitrogen and oxygen atoms in total. The Labute approximate surface area is 125 Å². The number of thioether (sulfide) groups is 1. The first-order valence-corrected chi connectivity index (χ1v) is 7.34. The van der Waals surface area contributed by atoms with E-state index in [0.29, 0.717) is 22.3 Å². The van der Waals surface area contributed by atoms with E-state index in [1.807, 2.05) is 12.1 Å². The van der Waals surface area contributed by atoms with Crippen molar-refractivity contribution in [3.05, 3.63) is 56.9 Å². The predicted octanol–water partition coefficient (Wildman–Crippen LogP) is 3.53. The summed E-state index contributed by atoms with van der Waals surface area (Å²) < 4.78 is 1.60. The second kappa shape index (κ2) is 6.37. The van der Waals surface area contributed by atoms with Crippen LogP contribution in [0, 0.1) is 0 Å². The molecule has 1 aromatic heterocycles.